The lowest BCUT2D eigenvalue weighted by molar-refractivity contribution is 0.106. The second-order valence-corrected chi connectivity index (χ2v) is 6.62. The number of aromatic nitrogens is 2. The van der Waals surface area contributed by atoms with E-state index < -0.39 is 0 Å². The number of benzene rings is 1. The van der Waals surface area contributed by atoms with E-state index >= 15 is 0 Å². The zero-order valence-corrected chi connectivity index (χ0v) is 13.1. The molecular formula is C18H26N2O. The molecule has 3 nitrogen and oxygen atoms in total. The maximum atomic E-state index is 10.6. The maximum Gasteiger partial charge on any atom is 0.112 e. The summed E-state index contributed by atoms with van der Waals surface area (Å²) in [6.45, 7) is 5.45. The molecule has 3 rings (SSSR count). The van der Waals surface area contributed by atoms with Crippen LogP contribution in [0.4, 0.5) is 0 Å². The van der Waals surface area contributed by atoms with Gasteiger partial charge in [-0.3, -0.25) is 0 Å². The Balaban J connectivity index is 1.84. The lowest BCUT2D eigenvalue weighted by atomic mass is 9.97. The topological polar surface area (TPSA) is 38.0 Å². The molecule has 0 aliphatic heterocycles. The van der Waals surface area contributed by atoms with Crippen LogP contribution in [0.25, 0.3) is 11.0 Å². The molecule has 3 atom stereocenters. The fourth-order valence-corrected chi connectivity index (χ4v) is 3.71. The highest BCUT2D eigenvalue weighted by Crippen LogP contribution is 2.33. The molecule has 21 heavy (non-hydrogen) atoms. The maximum absolute atomic E-state index is 10.6. The lowest BCUT2D eigenvalue weighted by Crippen LogP contribution is -2.23. The molecule has 1 aromatic heterocycles. The molecular weight excluding hydrogens is 260 g/mol. The van der Waals surface area contributed by atoms with Gasteiger partial charge in [-0.1, -0.05) is 32.4 Å². The summed E-state index contributed by atoms with van der Waals surface area (Å²) in [5, 5.41) is 10.6. The van der Waals surface area contributed by atoms with E-state index in [-0.39, 0.29) is 6.10 Å². The number of fused-ring (bicyclic) bond motifs is 1. The highest BCUT2D eigenvalue weighted by Gasteiger charge is 2.28. The summed E-state index contributed by atoms with van der Waals surface area (Å²) < 4.78 is 2.29. The van der Waals surface area contributed by atoms with Crippen molar-refractivity contribution in [1.29, 1.82) is 0 Å². The summed E-state index contributed by atoms with van der Waals surface area (Å²) in [6.07, 6.45) is 5.11. The van der Waals surface area contributed by atoms with Gasteiger partial charge in [-0.25, -0.2) is 4.98 Å². The third-order valence-corrected chi connectivity index (χ3v) is 4.85. The molecule has 1 saturated carbocycles. The predicted octanol–water partition coefficient (Wildman–Crippen LogP) is 3.79. The SMILES string of the molecule is CCCn1c(CC(O)C2CCC(C)C2)nc2ccccc21. The summed E-state index contributed by atoms with van der Waals surface area (Å²) in [7, 11) is 0. The van der Waals surface area contributed by atoms with Crippen LogP contribution < -0.4 is 0 Å². The number of aliphatic hydroxyl groups excluding tert-OH is 1. The molecule has 0 bridgehead atoms. The van der Waals surface area contributed by atoms with Crippen LogP contribution in [0.2, 0.25) is 0 Å². The second kappa shape index (κ2) is 6.18. The molecule has 3 unspecified atom stereocenters. The molecule has 114 valence electrons. The van der Waals surface area contributed by atoms with Gasteiger partial charge in [-0.2, -0.15) is 0 Å². The minimum Gasteiger partial charge on any atom is -0.392 e. The van der Waals surface area contributed by atoms with Crippen molar-refractivity contribution < 1.29 is 5.11 Å². The van der Waals surface area contributed by atoms with E-state index in [9.17, 15) is 5.11 Å². The molecule has 3 heteroatoms. The van der Waals surface area contributed by atoms with Crippen molar-refractivity contribution in [2.75, 3.05) is 0 Å². The number of hydrogen-bond donors (Lipinski definition) is 1. The van der Waals surface area contributed by atoms with Gasteiger partial charge in [0.15, 0.2) is 0 Å². The van der Waals surface area contributed by atoms with Gasteiger partial charge in [-0.05, 0) is 43.2 Å². The van der Waals surface area contributed by atoms with Crippen molar-refractivity contribution in [3.8, 4) is 0 Å². The van der Waals surface area contributed by atoms with E-state index in [2.05, 4.69) is 36.6 Å². The first-order chi connectivity index (χ1) is 10.2. The van der Waals surface area contributed by atoms with Gasteiger partial charge in [0.1, 0.15) is 5.82 Å². The Morgan fingerprint density at radius 1 is 1.33 bits per heavy atom. The fourth-order valence-electron chi connectivity index (χ4n) is 3.71. The molecule has 1 aromatic carbocycles. The average Bonchev–Trinajstić information content (AvgIpc) is 3.04. The van der Waals surface area contributed by atoms with Crippen LogP contribution in [0.3, 0.4) is 0 Å². The van der Waals surface area contributed by atoms with Crippen LogP contribution in [0.15, 0.2) is 24.3 Å². The Labute approximate surface area is 127 Å². The third-order valence-electron chi connectivity index (χ3n) is 4.85. The quantitative estimate of drug-likeness (QED) is 0.908. The molecule has 1 aliphatic carbocycles. The first-order valence-corrected chi connectivity index (χ1v) is 8.31. The van der Waals surface area contributed by atoms with Gasteiger partial charge in [0.05, 0.1) is 17.1 Å². The molecule has 1 aliphatic rings. The number of imidazole rings is 1. The van der Waals surface area contributed by atoms with Crippen LogP contribution >= 0.6 is 0 Å². The molecule has 0 spiro atoms. The normalized spacial score (nSPS) is 23.8. The highest BCUT2D eigenvalue weighted by molar-refractivity contribution is 5.75. The van der Waals surface area contributed by atoms with Crippen LogP contribution in [0, 0.1) is 11.8 Å². The molecule has 2 aromatic rings. The fraction of sp³-hybridized carbons (Fsp3) is 0.611. The van der Waals surface area contributed by atoms with Crippen molar-refractivity contribution in [3.63, 3.8) is 0 Å². The Kier molecular flexibility index (Phi) is 4.29. The Morgan fingerprint density at radius 3 is 2.86 bits per heavy atom. The van der Waals surface area contributed by atoms with Gasteiger partial charge in [-0.15, -0.1) is 0 Å². The average molecular weight is 286 g/mol. The van der Waals surface area contributed by atoms with Crippen molar-refractivity contribution in [2.24, 2.45) is 11.8 Å². The van der Waals surface area contributed by atoms with Crippen molar-refractivity contribution in [1.82, 2.24) is 9.55 Å². The Bertz CT molecular complexity index is 604. The molecule has 0 radical (unpaired) electrons. The zero-order chi connectivity index (χ0) is 14.8. The molecule has 1 heterocycles. The minimum atomic E-state index is -0.248. The summed E-state index contributed by atoms with van der Waals surface area (Å²) in [5.74, 6) is 2.26. The van der Waals surface area contributed by atoms with E-state index in [0.29, 0.717) is 12.3 Å². The lowest BCUT2D eigenvalue weighted by Gasteiger charge is -2.18. The smallest absolute Gasteiger partial charge is 0.112 e. The van der Waals surface area contributed by atoms with E-state index in [1.54, 1.807) is 0 Å². The molecule has 0 amide bonds. The van der Waals surface area contributed by atoms with E-state index in [1.165, 1.54) is 11.9 Å². The Morgan fingerprint density at radius 2 is 2.14 bits per heavy atom. The number of aliphatic hydroxyl groups is 1. The van der Waals surface area contributed by atoms with Gasteiger partial charge in [0.25, 0.3) is 0 Å². The third kappa shape index (κ3) is 2.98. The molecule has 1 fully saturated rings. The Hall–Kier alpha value is -1.35. The predicted molar refractivity (Wildman–Crippen MR) is 86.2 cm³/mol. The van der Waals surface area contributed by atoms with E-state index in [0.717, 1.165) is 43.1 Å². The van der Waals surface area contributed by atoms with Crippen LogP contribution in [-0.2, 0) is 13.0 Å². The standard InChI is InChI=1S/C18H26N2O/c1-3-10-20-16-7-5-4-6-15(16)19-18(20)12-17(21)14-9-8-13(2)11-14/h4-7,13-14,17,21H,3,8-12H2,1-2H3. The molecule has 0 saturated heterocycles. The number of aryl methyl sites for hydroxylation is 1. The monoisotopic (exact) mass is 286 g/mol. The summed E-state index contributed by atoms with van der Waals surface area (Å²) >= 11 is 0. The summed E-state index contributed by atoms with van der Waals surface area (Å²) in [5.41, 5.74) is 2.24. The second-order valence-electron chi connectivity index (χ2n) is 6.62. The zero-order valence-electron chi connectivity index (χ0n) is 13.1. The summed E-state index contributed by atoms with van der Waals surface area (Å²) in [4.78, 5) is 4.76. The highest BCUT2D eigenvalue weighted by atomic mass is 16.3. The number of para-hydroxylation sites is 2. The number of nitrogens with zero attached hydrogens (tertiary/aromatic N) is 2. The first kappa shape index (κ1) is 14.6. The summed E-state index contributed by atoms with van der Waals surface area (Å²) in [6, 6.07) is 8.29. The van der Waals surface area contributed by atoms with Crippen LogP contribution in [0.1, 0.15) is 45.4 Å². The van der Waals surface area contributed by atoms with Gasteiger partial charge in [0.2, 0.25) is 0 Å². The van der Waals surface area contributed by atoms with Crippen LogP contribution in [0.5, 0.6) is 0 Å². The van der Waals surface area contributed by atoms with Gasteiger partial charge >= 0.3 is 0 Å². The minimum absolute atomic E-state index is 0.248. The number of hydrogen-bond acceptors (Lipinski definition) is 2. The number of rotatable bonds is 5. The van der Waals surface area contributed by atoms with E-state index in [4.69, 9.17) is 4.98 Å². The van der Waals surface area contributed by atoms with Crippen LogP contribution in [-0.4, -0.2) is 20.8 Å². The molecule has 1 N–H and O–H groups in total. The first-order valence-electron chi connectivity index (χ1n) is 8.31. The van der Waals surface area contributed by atoms with Gasteiger partial charge in [0, 0.05) is 13.0 Å². The largest absolute Gasteiger partial charge is 0.392 e. The van der Waals surface area contributed by atoms with E-state index in [1.807, 2.05) is 6.07 Å². The van der Waals surface area contributed by atoms with Crippen molar-refractivity contribution >= 4 is 11.0 Å². The van der Waals surface area contributed by atoms with Crippen molar-refractivity contribution in [3.05, 3.63) is 30.1 Å². The van der Waals surface area contributed by atoms with Crippen molar-refractivity contribution in [2.45, 2.75) is 58.6 Å². The van der Waals surface area contributed by atoms with Gasteiger partial charge < -0.3 is 9.67 Å².